The number of hydrogen-bond acceptors (Lipinski definition) is 5. The zero-order valence-electron chi connectivity index (χ0n) is 31.1. The van der Waals surface area contributed by atoms with Gasteiger partial charge in [-0.1, -0.05) is 111 Å². The van der Waals surface area contributed by atoms with Crippen molar-refractivity contribution in [1.29, 1.82) is 0 Å². The van der Waals surface area contributed by atoms with Gasteiger partial charge in [-0.15, -0.1) is 0 Å². The Labute approximate surface area is 320 Å². The van der Waals surface area contributed by atoms with Gasteiger partial charge in [0.05, 0.1) is 12.1 Å². The number of nitrogens with one attached hydrogen (secondary N) is 1. The maximum Gasteiger partial charge on any atom is 0.227 e. The Kier molecular flexibility index (Phi) is 17.9. The van der Waals surface area contributed by atoms with Gasteiger partial charge < -0.3 is 10.2 Å². The van der Waals surface area contributed by atoms with Crippen LogP contribution in [0.2, 0.25) is 0 Å². The Morgan fingerprint density at radius 1 is 0.679 bits per heavy atom. The average molecular weight is 745 g/mol. The van der Waals surface area contributed by atoms with Crippen LogP contribution in [0.5, 0.6) is 0 Å². The molecule has 4 aromatic carbocycles. The number of likely N-dealkylation sites (tertiary alicyclic amines) is 2. The minimum Gasteiger partial charge on any atom is -0.379 e. The number of rotatable bonds is 12. The molecule has 0 radical (unpaired) electrons. The third-order valence-electron chi connectivity index (χ3n) is 9.68. The largest absolute Gasteiger partial charge is 0.379 e. The van der Waals surface area contributed by atoms with Crippen molar-refractivity contribution >= 4 is 34.1 Å². The van der Waals surface area contributed by atoms with Gasteiger partial charge in [0, 0.05) is 63.5 Å². The van der Waals surface area contributed by atoms with Gasteiger partial charge in [0.2, 0.25) is 11.1 Å². The summed E-state index contributed by atoms with van der Waals surface area (Å²) in [7, 11) is 0. The van der Waals surface area contributed by atoms with Gasteiger partial charge in [-0.05, 0) is 72.7 Å². The smallest absolute Gasteiger partial charge is 0.227 e. The number of para-hydroxylation sites is 2. The van der Waals surface area contributed by atoms with Crippen LogP contribution >= 0.6 is 11.6 Å². The minimum atomic E-state index is -1.03. The van der Waals surface area contributed by atoms with Crippen LogP contribution in [-0.2, 0) is 22.4 Å². The molecule has 2 aliphatic rings. The zero-order valence-corrected chi connectivity index (χ0v) is 31.9. The molecule has 0 bridgehead atoms. The van der Waals surface area contributed by atoms with Crippen LogP contribution in [0.15, 0.2) is 121 Å². The van der Waals surface area contributed by atoms with Crippen LogP contribution in [0.25, 0.3) is 0 Å². The lowest BCUT2D eigenvalue weighted by Gasteiger charge is -2.40. The number of amides is 1. The number of nitrogens with zero attached hydrogens (tertiary/aromatic N) is 3. The highest BCUT2D eigenvalue weighted by Gasteiger charge is 2.36. The van der Waals surface area contributed by atoms with Crippen molar-refractivity contribution in [2.45, 2.75) is 76.8 Å². The fourth-order valence-corrected chi connectivity index (χ4v) is 6.67. The lowest BCUT2D eigenvalue weighted by atomic mass is 9.99. The molecule has 2 heterocycles. The molecule has 4 atom stereocenters. The number of piperidine rings is 2. The monoisotopic (exact) mass is 744 g/mol. The van der Waals surface area contributed by atoms with Gasteiger partial charge in [-0.2, -0.15) is 0 Å². The third-order valence-corrected chi connectivity index (χ3v) is 9.94. The summed E-state index contributed by atoms with van der Waals surface area (Å²) in [6.07, 6.45) is 2.40. The highest BCUT2D eigenvalue weighted by molar-refractivity contribution is 6.63. The van der Waals surface area contributed by atoms with Crippen molar-refractivity contribution in [3.05, 3.63) is 132 Å². The second-order valence-electron chi connectivity index (χ2n) is 13.5. The molecule has 53 heavy (non-hydrogen) atoms. The third kappa shape index (κ3) is 14.3. The number of alkyl halides is 2. The van der Waals surface area contributed by atoms with Crippen molar-refractivity contribution in [2.75, 3.05) is 49.5 Å². The summed E-state index contributed by atoms with van der Waals surface area (Å²) in [5.74, 6) is -0.0124. The first-order valence-electron chi connectivity index (χ1n) is 18.9. The molecule has 4 unspecified atom stereocenters. The molecule has 1 amide bonds. The van der Waals surface area contributed by atoms with Gasteiger partial charge in [-0.25, -0.2) is 8.78 Å². The van der Waals surface area contributed by atoms with Crippen molar-refractivity contribution in [3.8, 4) is 0 Å². The lowest BCUT2D eigenvalue weighted by molar-refractivity contribution is -0.119. The van der Waals surface area contributed by atoms with E-state index >= 15 is 4.39 Å². The van der Waals surface area contributed by atoms with Gasteiger partial charge in [0.1, 0.15) is 12.3 Å². The fourth-order valence-electron chi connectivity index (χ4n) is 6.67. The van der Waals surface area contributed by atoms with Crippen LogP contribution in [0, 0.1) is 0 Å². The van der Waals surface area contributed by atoms with Crippen LogP contribution < -0.4 is 10.2 Å². The number of hydrogen-bond donors (Lipinski definition) is 1. The number of carbonyl (C=O) groups is 2. The molecule has 6 nitrogen and oxygen atoms in total. The van der Waals surface area contributed by atoms with Crippen molar-refractivity contribution in [3.63, 3.8) is 0 Å². The minimum absolute atomic E-state index is 0.0124. The number of anilines is 2. The standard InChI is InChI=1S/C22H27FN2O.C19H23FN2.C3H5ClO/c1-2-22(26)25(19-11-7-4-8-12-19)21-14-16-24(17-20(21)23)15-13-18-9-5-3-6-10-18;20-18-15-22(13-11-16-7-3-1-4-8-16)14-12-19(18)21-17-9-5-2-6-10-17;1-2-3(4)5/h3-12,20-21H,2,13-17H2,1H3;1-10,18-19,21H,11-15H2;2H2,1H3. The molecule has 0 aliphatic carbocycles. The predicted octanol–water partition coefficient (Wildman–Crippen LogP) is 9.00. The summed E-state index contributed by atoms with van der Waals surface area (Å²) in [6, 6.07) is 39.7. The summed E-state index contributed by atoms with van der Waals surface area (Å²) in [5.41, 5.74) is 4.40. The van der Waals surface area contributed by atoms with E-state index in [9.17, 15) is 14.0 Å². The number of halogens is 3. The molecule has 0 spiro atoms. The molecule has 2 saturated heterocycles. The zero-order chi connectivity index (χ0) is 37.8. The molecule has 0 aromatic heterocycles. The number of benzene rings is 4. The van der Waals surface area contributed by atoms with E-state index in [-0.39, 0.29) is 23.2 Å². The first kappa shape index (κ1) is 41.6. The van der Waals surface area contributed by atoms with Crippen molar-refractivity contribution in [2.24, 2.45) is 0 Å². The Bertz CT molecular complexity index is 1600. The van der Waals surface area contributed by atoms with Crippen molar-refractivity contribution in [1.82, 2.24) is 9.80 Å². The van der Waals surface area contributed by atoms with Gasteiger partial charge in [0.15, 0.2) is 0 Å². The van der Waals surface area contributed by atoms with Crippen molar-refractivity contribution < 1.29 is 18.4 Å². The Hall–Kier alpha value is -4.11. The summed E-state index contributed by atoms with van der Waals surface area (Å²) in [4.78, 5) is 28.2. The van der Waals surface area contributed by atoms with Crippen LogP contribution in [0.1, 0.15) is 50.7 Å². The molecule has 284 valence electrons. The van der Waals surface area contributed by atoms with E-state index < -0.39 is 12.3 Å². The number of carbonyl (C=O) groups excluding carboxylic acids is 2. The topological polar surface area (TPSA) is 55.9 Å². The second-order valence-corrected chi connectivity index (χ2v) is 13.9. The summed E-state index contributed by atoms with van der Waals surface area (Å²) in [6.45, 7) is 8.02. The molecular weight excluding hydrogens is 690 g/mol. The van der Waals surface area contributed by atoms with E-state index in [1.807, 2.05) is 91.9 Å². The molecule has 4 aromatic rings. The van der Waals surface area contributed by atoms with E-state index in [0.717, 1.165) is 56.8 Å². The average Bonchev–Trinajstić information content (AvgIpc) is 3.20. The summed E-state index contributed by atoms with van der Waals surface area (Å²) < 4.78 is 29.4. The molecule has 9 heteroatoms. The molecular formula is C44H55ClF2N4O2. The van der Waals surface area contributed by atoms with Gasteiger partial charge in [-0.3, -0.25) is 19.4 Å². The highest BCUT2D eigenvalue weighted by Crippen LogP contribution is 2.27. The SMILES string of the molecule is CCC(=O)Cl.CCC(=O)N(c1ccccc1)C1CCN(CCc2ccccc2)CC1F.FC1CN(CCc2ccccc2)CCC1Nc1ccccc1. The summed E-state index contributed by atoms with van der Waals surface area (Å²) >= 11 is 4.82. The van der Waals surface area contributed by atoms with E-state index in [0.29, 0.717) is 32.4 Å². The van der Waals surface area contributed by atoms with Crippen LogP contribution in [-0.4, -0.2) is 84.6 Å². The van der Waals surface area contributed by atoms with Crippen LogP contribution in [0.3, 0.4) is 0 Å². The molecule has 2 fully saturated rings. The maximum atomic E-state index is 15.0. The molecule has 2 aliphatic heterocycles. The Morgan fingerprint density at radius 3 is 1.58 bits per heavy atom. The normalized spacial score (nSPS) is 20.2. The highest BCUT2D eigenvalue weighted by atomic mass is 35.5. The fraction of sp³-hybridized carbons (Fsp3) is 0.409. The van der Waals surface area contributed by atoms with E-state index in [2.05, 4.69) is 51.5 Å². The Morgan fingerprint density at radius 2 is 1.13 bits per heavy atom. The van der Waals surface area contributed by atoms with Gasteiger partial charge >= 0.3 is 0 Å². The lowest BCUT2D eigenvalue weighted by Crippen LogP contribution is -2.54. The maximum absolute atomic E-state index is 15.0. The van der Waals surface area contributed by atoms with Crippen LogP contribution in [0.4, 0.5) is 20.2 Å². The summed E-state index contributed by atoms with van der Waals surface area (Å²) in [5, 5.41) is 3.05. The van der Waals surface area contributed by atoms with E-state index in [1.54, 1.807) is 11.8 Å². The Balaban J connectivity index is 0.000000212. The second kappa shape index (κ2) is 22.8. The first-order valence-corrected chi connectivity index (χ1v) is 19.3. The molecule has 1 N–H and O–H groups in total. The molecule has 0 saturated carbocycles. The van der Waals surface area contributed by atoms with Gasteiger partial charge in [0.25, 0.3) is 0 Å². The molecule has 6 rings (SSSR count). The quantitative estimate of drug-likeness (QED) is 0.147. The first-order chi connectivity index (χ1) is 25.8. The van der Waals surface area contributed by atoms with E-state index in [1.165, 1.54) is 11.1 Å². The van der Waals surface area contributed by atoms with E-state index in [4.69, 9.17) is 11.6 Å². The predicted molar refractivity (Wildman–Crippen MR) is 215 cm³/mol.